The van der Waals surface area contributed by atoms with Gasteiger partial charge in [0, 0.05) is 18.8 Å². The number of hydrogen-bond acceptors (Lipinski definition) is 3. The Balaban J connectivity index is 2.77. The van der Waals surface area contributed by atoms with Crippen molar-refractivity contribution in [2.45, 2.75) is 25.2 Å². The molecule has 0 amide bonds. The summed E-state index contributed by atoms with van der Waals surface area (Å²) >= 11 is 0. The van der Waals surface area contributed by atoms with Gasteiger partial charge in [0.2, 0.25) is 0 Å². The van der Waals surface area contributed by atoms with Gasteiger partial charge in [-0.05, 0) is 43.1 Å². The van der Waals surface area contributed by atoms with Crippen LogP contribution >= 0.6 is 0 Å². The minimum absolute atomic E-state index is 0.473. The zero-order valence-corrected chi connectivity index (χ0v) is 12.0. The maximum Gasteiger partial charge on any atom is 0.127 e. The van der Waals surface area contributed by atoms with E-state index in [4.69, 9.17) is 11.5 Å². The number of nitrogen functional groups attached to an aromatic ring is 1. The zero-order valence-electron chi connectivity index (χ0n) is 11.1. The molecular formula is C13H23N3OS. The van der Waals surface area contributed by atoms with Crippen LogP contribution in [0.5, 0.6) is 0 Å². The van der Waals surface area contributed by atoms with Gasteiger partial charge in [-0.2, -0.15) is 0 Å². The molecule has 0 saturated carbocycles. The van der Waals surface area contributed by atoms with Gasteiger partial charge in [0.25, 0.3) is 0 Å². The van der Waals surface area contributed by atoms with E-state index >= 15 is 0 Å². The van der Waals surface area contributed by atoms with Crippen molar-refractivity contribution in [1.82, 2.24) is 4.31 Å². The molecular weight excluding hydrogens is 246 g/mol. The summed E-state index contributed by atoms with van der Waals surface area (Å²) in [7, 11) is -1.13. The molecule has 0 aliphatic rings. The van der Waals surface area contributed by atoms with Gasteiger partial charge in [0.1, 0.15) is 11.0 Å². The van der Waals surface area contributed by atoms with Gasteiger partial charge < -0.3 is 11.5 Å². The van der Waals surface area contributed by atoms with Crippen LogP contribution in [-0.2, 0) is 11.0 Å². The molecule has 102 valence electrons. The van der Waals surface area contributed by atoms with Gasteiger partial charge in [0.05, 0.1) is 4.90 Å². The Hall–Kier alpha value is -0.910. The molecule has 1 atom stereocenters. The quantitative estimate of drug-likeness (QED) is 0.738. The lowest BCUT2D eigenvalue weighted by atomic mass is 10.2. The van der Waals surface area contributed by atoms with Crippen LogP contribution in [0.15, 0.2) is 29.2 Å². The maximum absolute atomic E-state index is 12.5. The number of benzene rings is 1. The van der Waals surface area contributed by atoms with E-state index in [1.807, 2.05) is 16.4 Å². The molecule has 0 saturated heterocycles. The van der Waals surface area contributed by atoms with Crippen LogP contribution in [-0.4, -0.2) is 28.1 Å². The highest BCUT2D eigenvalue weighted by Crippen LogP contribution is 2.15. The molecule has 0 spiro atoms. The molecule has 0 heterocycles. The third-order valence-corrected chi connectivity index (χ3v) is 3.97. The molecule has 1 aromatic carbocycles. The molecule has 0 aliphatic carbocycles. The number of hydrogen-bond donors (Lipinski definition) is 2. The Morgan fingerprint density at radius 2 is 1.89 bits per heavy atom. The lowest BCUT2D eigenvalue weighted by molar-refractivity contribution is 0.385. The van der Waals surface area contributed by atoms with Crippen LogP contribution < -0.4 is 11.5 Å². The highest BCUT2D eigenvalue weighted by Gasteiger charge is 2.15. The topological polar surface area (TPSA) is 72.3 Å². The smallest absolute Gasteiger partial charge is 0.127 e. The summed E-state index contributed by atoms with van der Waals surface area (Å²) in [5, 5.41) is 0. The lowest BCUT2D eigenvalue weighted by Crippen LogP contribution is -2.32. The molecule has 0 aliphatic heterocycles. The van der Waals surface area contributed by atoms with E-state index in [0.717, 1.165) is 24.4 Å². The SMILES string of the molecule is CC(C)CN(CCCN)S(=O)c1ccc(N)cc1. The van der Waals surface area contributed by atoms with Gasteiger partial charge >= 0.3 is 0 Å². The fourth-order valence-corrected chi connectivity index (χ4v) is 3.05. The molecule has 0 bridgehead atoms. The van der Waals surface area contributed by atoms with E-state index < -0.39 is 11.0 Å². The van der Waals surface area contributed by atoms with Gasteiger partial charge in [0.15, 0.2) is 0 Å². The van der Waals surface area contributed by atoms with Crippen molar-refractivity contribution >= 4 is 16.7 Å². The van der Waals surface area contributed by atoms with Crippen LogP contribution in [0.1, 0.15) is 20.3 Å². The van der Waals surface area contributed by atoms with E-state index in [1.54, 1.807) is 12.1 Å². The van der Waals surface area contributed by atoms with E-state index in [-0.39, 0.29) is 0 Å². The van der Waals surface area contributed by atoms with Crippen LogP contribution in [0.25, 0.3) is 0 Å². The summed E-state index contributed by atoms with van der Waals surface area (Å²) in [4.78, 5) is 0.793. The molecule has 0 radical (unpaired) electrons. The molecule has 1 rings (SSSR count). The summed E-state index contributed by atoms with van der Waals surface area (Å²) in [6.45, 7) is 6.42. The van der Waals surface area contributed by atoms with Crippen molar-refractivity contribution in [3.63, 3.8) is 0 Å². The van der Waals surface area contributed by atoms with Crippen LogP contribution in [0, 0.1) is 5.92 Å². The van der Waals surface area contributed by atoms with E-state index in [0.29, 0.717) is 18.2 Å². The zero-order chi connectivity index (χ0) is 13.5. The summed E-state index contributed by atoms with van der Waals surface area (Å²) in [6, 6.07) is 7.20. The average Bonchev–Trinajstić information content (AvgIpc) is 2.34. The second kappa shape index (κ2) is 7.51. The largest absolute Gasteiger partial charge is 0.399 e. The molecule has 4 N–H and O–H groups in total. The summed E-state index contributed by atoms with van der Waals surface area (Å²) in [6.07, 6.45) is 0.855. The van der Waals surface area contributed by atoms with Gasteiger partial charge in [-0.1, -0.05) is 13.8 Å². The van der Waals surface area contributed by atoms with Crippen molar-refractivity contribution in [3.8, 4) is 0 Å². The minimum atomic E-state index is -1.13. The standard InChI is InChI=1S/C13H23N3OS/c1-11(2)10-16(9-3-8-14)18(17)13-6-4-12(15)5-7-13/h4-7,11H,3,8-10,14-15H2,1-2H3. The Labute approximate surface area is 112 Å². The fourth-order valence-electron chi connectivity index (χ4n) is 1.65. The predicted octanol–water partition coefficient (Wildman–Crippen LogP) is 1.60. The monoisotopic (exact) mass is 269 g/mol. The van der Waals surface area contributed by atoms with Crippen molar-refractivity contribution in [3.05, 3.63) is 24.3 Å². The predicted molar refractivity (Wildman–Crippen MR) is 77.3 cm³/mol. The Bertz CT molecular complexity index is 378. The molecule has 0 fully saturated rings. The number of anilines is 1. The third-order valence-electron chi connectivity index (χ3n) is 2.50. The maximum atomic E-state index is 12.5. The Morgan fingerprint density at radius 1 is 1.28 bits per heavy atom. The first-order chi connectivity index (χ1) is 8.54. The van der Waals surface area contributed by atoms with Crippen molar-refractivity contribution < 1.29 is 4.21 Å². The minimum Gasteiger partial charge on any atom is -0.399 e. The van der Waals surface area contributed by atoms with Gasteiger partial charge in [-0.15, -0.1) is 0 Å². The summed E-state index contributed by atoms with van der Waals surface area (Å²) < 4.78 is 14.4. The number of nitrogens with two attached hydrogens (primary N) is 2. The molecule has 4 nitrogen and oxygen atoms in total. The number of rotatable bonds is 7. The van der Waals surface area contributed by atoms with Crippen LogP contribution in [0.4, 0.5) is 5.69 Å². The third kappa shape index (κ3) is 4.76. The molecule has 1 aromatic rings. The second-order valence-electron chi connectivity index (χ2n) is 4.74. The first kappa shape index (κ1) is 15.1. The Morgan fingerprint density at radius 3 is 2.39 bits per heavy atom. The van der Waals surface area contributed by atoms with Crippen LogP contribution in [0.2, 0.25) is 0 Å². The molecule has 18 heavy (non-hydrogen) atoms. The van der Waals surface area contributed by atoms with E-state index in [1.165, 1.54) is 0 Å². The highest BCUT2D eigenvalue weighted by molar-refractivity contribution is 7.82. The van der Waals surface area contributed by atoms with Crippen molar-refractivity contribution in [1.29, 1.82) is 0 Å². The first-order valence-electron chi connectivity index (χ1n) is 6.27. The number of nitrogens with zero attached hydrogens (tertiary/aromatic N) is 1. The lowest BCUT2D eigenvalue weighted by Gasteiger charge is -2.22. The first-order valence-corrected chi connectivity index (χ1v) is 7.37. The average molecular weight is 269 g/mol. The second-order valence-corrected chi connectivity index (χ2v) is 6.23. The van der Waals surface area contributed by atoms with Crippen molar-refractivity contribution in [2.75, 3.05) is 25.4 Å². The van der Waals surface area contributed by atoms with Gasteiger partial charge in [-0.25, -0.2) is 8.51 Å². The van der Waals surface area contributed by atoms with E-state index in [2.05, 4.69) is 13.8 Å². The molecule has 1 unspecified atom stereocenters. The summed E-state index contributed by atoms with van der Waals surface area (Å²) in [5.41, 5.74) is 11.8. The van der Waals surface area contributed by atoms with Crippen molar-refractivity contribution in [2.24, 2.45) is 11.7 Å². The summed E-state index contributed by atoms with van der Waals surface area (Å²) in [5.74, 6) is 0.473. The fraction of sp³-hybridized carbons (Fsp3) is 0.538. The normalized spacial score (nSPS) is 13.2. The Kier molecular flexibility index (Phi) is 6.32. The van der Waals surface area contributed by atoms with Gasteiger partial charge in [-0.3, -0.25) is 0 Å². The molecule has 5 heteroatoms. The molecule has 0 aromatic heterocycles. The van der Waals surface area contributed by atoms with Crippen LogP contribution in [0.3, 0.4) is 0 Å². The van der Waals surface area contributed by atoms with E-state index in [9.17, 15) is 4.21 Å². The highest BCUT2D eigenvalue weighted by atomic mass is 32.2.